The third-order valence-corrected chi connectivity index (χ3v) is 4.05. The minimum absolute atomic E-state index is 0.173. The van der Waals surface area contributed by atoms with Crippen LogP contribution in [-0.2, 0) is 11.3 Å². The molecular weight excluding hydrogens is 307 g/mol. The van der Waals surface area contributed by atoms with Crippen LogP contribution in [0.1, 0.15) is 15.9 Å². The van der Waals surface area contributed by atoms with Crippen LogP contribution in [0, 0.1) is 0 Å². The monoisotopic (exact) mass is 316 g/mol. The fourth-order valence-electron chi connectivity index (χ4n) is 1.71. The van der Waals surface area contributed by atoms with E-state index in [4.69, 9.17) is 23.2 Å². The highest BCUT2D eigenvalue weighted by Crippen LogP contribution is 2.38. The second-order valence-corrected chi connectivity index (χ2v) is 6.09. The van der Waals surface area contributed by atoms with Gasteiger partial charge in [0.2, 0.25) is 0 Å². The molecule has 0 saturated heterocycles. The molecule has 0 aliphatic carbocycles. The van der Waals surface area contributed by atoms with Crippen molar-refractivity contribution < 1.29 is 14.6 Å². The van der Waals surface area contributed by atoms with Crippen LogP contribution in [0.15, 0.2) is 24.3 Å². The average molecular weight is 317 g/mol. The number of aliphatic hydroxyl groups excluding tert-OH is 1. The van der Waals surface area contributed by atoms with Gasteiger partial charge in [-0.1, -0.05) is 23.2 Å². The fraction of sp³-hybridized carbons (Fsp3) is 0.154. The van der Waals surface area contributed by atoms with E-state index in [-0.39, 0.29) is 6.61 Å². The minimum Gasteiger partial charge on any atom is -0.465 e. The van der Waals surface area contributed by atoms with Crippen molar-refractivity contribution in [2.45, 2.75) is 6.61 Å². The van der Waals surface area contributed by atoms with Gasteiger partial charge in [-0.2, -0.15) is 0 Å². The number of aliphatic hydroxyl groups is 1. The summed E-state index contributed by atoms with van der Waals surface area (Å²) >= 11 is 13.3. The van der Waals surface area contributed by atoms with E-state index in [2.05, 4.69) is 4.74 Å². The Balaban J connectivity index is 2.56. The molecule has 0 atom stereocenters. The van der Waals surface area contributed by atoms with E-state index in [1.54, 1.807) is 24.3 Å². The molecule has 0 radical (unpaired) electrons. The third kappa shape index (κ3) is 3.09. The van der Waals surface area contributed by atoms with Crippen molar-refractivity contribution in [1.29, 1.82) is 0 Å². The van der Waals surface area contributed by atoms with Crippen molar-refractivity contribution in [3.63, 3.8) is 0 Å². The molecule has 0 fully saturated rings. The average Bonchev–Trinajstić information content (AvgIpc) is 2.76. The predicted octanol–water partition coefficient (Wildman–Crippen LogP) is 4.00. The molecule has 100 valence electrons. The van der Waals surface area contributed by atoms with Crippen molar-refractivity contribution in [3.05, 3.63) is 44.1 Å². The van der Waals surface area contributed by atoms with Crippen LogP contribution in [0.5, 0.6) is 0 Å². The molecule has 0 bridgehead atoms. The molecule has 0 amide bonds. The van der Waals surface area contributed by atoms with Crippen molar-refractivity contribution in [2.24, 2.45) is 0 Å². The van der Waals surface area contributed by atoms with Crippen molar-refractivity contribution in [3.8, 4) is 11.1 Å². The Morgan fingerprint density at radius 3 is 2.58 bits per heavy atom. The molecule has 0 aliphatic heterocycles. The quantitative estimate of drug-likeness (QED) is 0.870. The third-order valence-electron chi connectivity index (χ3n) is 2.56. The summed E-state index contributed by atoms with van der Waals surface area (Å²) < 4.78 is 5.79. The van der Waals surface area contributed by atoms with Gasteiger partial charge in [-0.05, 0) is 35.4 Å². The first-order valence-electron chi connectivity index (χ1n) is 5.33. The van der Waals surface area contributed by atoms with Crippen LogP contribution in [-0.4, -0.2) is 18.2 Å². The van der Waals surface area contributed by atoms with E-state index in [9.17, 15) is 9.90 Å². The Morgan fingerprint density at radius 2 is 2.05 bits per heavy atom. The second kappa shape index (κ2) is 5.92. The summed E-state index contributed by atoms with van der Waals surface area (Å²) in [6, 6.07) is 6.73. The summed E-state index contributed by atoms with van der Waals surface area (Å²) in [5.41, 5.74) is 2.43. The Morgan fingerprint density at radius 1 is 1.32 bits per heavy atom. The zero-order valence-corrected chi connectivity index (χ0v) is 12.3. The van der Waals surface area contributed by atoms with Gasteiger partial charge >= 0.3 is 5.97 Å². The number of rotatable bonds is 3. The van der Waals surface area contributed by atoms with Gasteiger partial charge in [-0.3, -0.25) is 0 Å². The Hall–Kier alpha value is -1.07. The molecule has 1 aromatic heterocycles. The van der Waals surface area contributed by atoms with E-state index < -0.39 is 5.97 Å². The Labute approximate surface area is 124 Å². The summed E-state index contributed by atoms with van der Waals surface area (Å²) in [4.78, 5) is 11.6. The first-order chi connectivity index (χ1) is 9.05. The van der Waals surface area contributed by atoms with E-state index in [1.165, 1.54) is 18.4 Å². The van der Waals surface area contributed by atoms with Crippen LogP contribution in [0.3, 0.4) is 0 Å². The number of hydrogen-bond donors (Lipinski definition) is 1. The molecule has 2 aromatic rings. The Bertz CT molecular complexity index is 622. The largest absolute Gasteiger partial charge is 0.465 e. The number of halogens is 2. The lowest BCUT2D eigenvalue weighted by molar-refractivity contribution is 0.0600. The molecule has 0 unspecified atom stereocenters. The van der Waals surface area contributed by atoms with Gasteiger partial charge < -0.3 is 9.84 Å². The van der Waals surface area contributed by atoms with Crippen molar-refractivity contribution in [1.82, 2.24) is 0 Å². The molecule has 0 saturated carbocycles. The summed E-state index contributed by atoms with van der Waals surface area (Å²) in [5.74, 6) is -0.464. The summed E-state index contributed by atoms with van der Waals surface area (Å²) in [5, 5.41) is 9.25. The van der Waals surface area contributed by atoms with Gasteiger partial charge in [-0.15, -0.1) is 11.3 Å². The predicted molar refractivity (Wildman–Crippen MR) is 77.0 cm³/mol. The maximum Gasteiger partial charge on any atom is 0.337 e. The van der Waals surface area contributed by atoms with Gasteiger partial charge in [0.05, 0.1) is 23.6 Å². The first-order valence-corrected chi connectivity index (χ1v) is 6.90. The number of methoxy groups -OCH3 is 1. The summed E-state index contributed by atoms with van der Waals surface area (Å²) in [6.07, 6.45) is 0. The number of carbonyl (C=O) groups excluding carboxylic acids is 1. The van der Waals surface area contributed by atoms with Gasteiger partial charge in [0.1, 0.15) is 4.34 Å². The summed E-state index contributed by atoms with van der Waals surface area (Å²) in [6.45, 7) is -0.173. The molecule has 19 heavy (non-hydrogen) atoms. The van der Waals surface area contributed by atoms with Gasteiger partial charge in [0.25, 0.3) is 0 Å². The van der Waals surface area contributed by atoms with E-state index in [0.717, 1.165) is 11.1 Å². The first kappa shape index (κ1) is 14.3. The SMILES string of the molecule is COC(=O)c1cc(CO)cc(-c2cc(Cl)sc2Cl)c1. The number of ether oxygens (including phenoxy) is 1. The van der Waals surface area contributed by atoms with Crippen LogP contribution in [0.4, 0.5) is 0 Å². The number of thiophene rings is 1. The number of esters is 1. The molecule has 0 aliphatic rings. The normalized spacial score (nSPS) is 10.5. The van der Waals surface area contributed by atoms with Crippen LogP contribution in [0.2, 0.25) is 8.67 Å². The zero-order chi connectivity index (χ0) is 14.0. The molecule has 0 spiro atoms. The number of benzene rings is 1. The van der Waals surface area contributed by atoms with Crippen molar-refractivity contribution in [2.75, 3.05) is 7.11 Å². The van der Waals surface area contributed by atoms with Crippen LogP contribution < -0.4 is 0 Å². The topological polar surface area (TPSA) is 46.5 Å². The zero-order valence-electron chi connectivity index (χ0n) is 9.94. The maximum atomic E-state index is 11.6. The van der Waals surface area contributed by atoms with Crippen molar-refractivity contribution >= 4 is 40.5 Å². The number of hydrogen-bond acceptors (Lipinski definition) is 4. The standard InChI is InChI=1S/C13H10Cl2O3S/c1-18-13(17)9-3-7(6-16)2-8(4-9)10-5-11(14)19-12(10)15/h2-5,16H,6H2,1H3. The molecule has 1 N–H and O–H groups in total. The van der Waals surface area contributed by atoms with Crippen LogP contribution >= 0.6 is 34.5 Å². The van der Waals surface area contributed by atoms with E-state index in [1.807, 2.05) is 0 Å². The smallest absolute Gasteiger partial charge is 0.337 e. The van der Waals surface area contributed by atoms with Crippen LogP contribution in [0.25, 0.3) is 11.1 Å². The summed E-state index contributed by atoms with van der Waals surface area (Å²) in [7, 11) is 1.31. The van der Waals surface area contributed by atoms with E-state index >= 15 is 0 Å². The Kier molecular flexibility index (Phi) is 4.47. The van der Waals surface area contributed by atoms with Gasteiger partial charge in [-0.25, -0.2) is 4.79 Å². The molecule has 6 heteroatoms. The highest BCUT2D eigenvalue weighted by molar-refractivity contribution is 7.20. The second-order valence-electron chi connectivity index (χ2n) is 3.81. The molecule has 3 nitrogen and oxygen atoms in total. The molecule has 2 rings (SSSR count). The highest BCUT2D eigenvalue weighted by Gasteiger charge is 2.13. The lowest BCUT2D eigenvalue weighted by atomic mass is 10.0. The van der Waals surface area contributed by atoms with Gasteiger partial charge in [0, 0.05) is 5.56 Å². The maximum absolute atomic E-state index is 11.6. The molecular formula is C13H10Cl2O3S. The van der Waals surface area contributed by atoms with Gasteiger partial charge in [0.15, 0.2) is 0 Å². The number of carbonyl (C=O) groups is 1. The molecule has 1 heterocycles. The minimum atomic E-state index is -0.464. The lowest BCUT2D eigenvalue weighted by Gasteiger charge is -2.07. The lowest BCUT2D eigenvalue weighted by Crippen LogP contribution is -2.02. The van der Waals surface area contributed by atoms with E-state index in [0.29, 0.717) is 19.8 Å². The highest BCUT2D eigenvalue weighted by atomic mass is 35.5. The molecule has 1 aromatic carbocycles. The fourth-order valence-corrected chi connectivity index (χ4v) is 3.22.